The molecule has 6 unspecified atom stereocenters. The normalized spacial score (nSPS) is 23.8. The van der Waals surface area contributed by atoms with E-state index in [-0.39, 0.29) is 12.8 Å². The molecule has 51 heavy (non-hydrogen) atoms. The highest BCUT2D eigenvalue weighted by atomic mass is 31.2. The van der Waals surface area contributed by atoms with Crippen LogP contribution in [0, 0.1) is 0 Å². The van der Waals surface area contributed by atoms with E-state index in [1.54, 1.807) is 0 Å². The molecule has 0 aliphatic heterocycles. The van der Waals surface area contributed by atoms with E-state index in [4.69, 9.17) is 18.5 Å². The maximum Gasteiger partial charge on any atom is 0.472 e. The summed E-state index contributed by atoms with van der Waals surface area (Å²) in [6.07, 6.45) is 12.6. The zero-order valence-electron chi connectivity index (χ0n) is 31.4. The summed E-state index contributed by atoms with van der Waals surface area (Å²) < 4.78 is 33.1. The van der Waals surface area contributed by atoms with Crippen molar-refractivity contribution in [1.29, 1.82) is 0 Å². The minimum absolute atomic E-state index is 0.103. The molecule has 0 amide bonds. The van der Waals surface area contributed by atoms with Crippen molar-refractivity contribution >= 4 is 19.8 Å². The van der Waals surface area contributed by atoms with Gasteiger partial charge in [-0.3, -0.25) is 18.6 Å². The molecule has 0 spiro atoms. The molecule has 0 aromatic rings. The van der Waals surface area contributed by atoms with Gasteiger partial charge in [-0.25, -0.2) is 4.57 Å². The fourth-order valence-electron chi connectivity index (χ4n) is 6.17. The second kappa shape index (κ2) is 29.2. The molecule has 1 aliphatic rings. The summed E-state index contributed by atoms with van der Waals surface area (Å²) in [6.45, 7) is 3.14. The first-order valence-corrected chi connectivity index (χ1v) is 21.3. The van der Waals surface area contributed by atoms with Gasteiger partial charge in [0, 0.05) is 12.8 Å². The van der Waals surface area contributed by atoms with Gasteiger partial charge in [-0.15, -0.1) is 0 Å². The molecule has 1 rings (SSSR count). The number of phosphoric ester groups is 1. The summed E-state index contributed by atoms with van der Waals surface area (Å²) in [4.78, 5) is 35.1. The molecule has 14 heteroatoms. The number of unbranched alkanes of at least 4 members (excludes halogenated alkanes) is 20. The van der Waals surface area contributed by atoms with Crippen molar-refractivity contribution in [2.75, 3.05) is 13.2 Å². The fourth-order valence-corrected chi connectivity index (χ4v) is 7.14. The van der Waals surface area contributed by atoms with Crippen LogP contribution in [0.1, 0.15) is 168 Å². The van der Waals surface area contributed by atoms with Gasteiger partial charge in [0.05, 0.1) is 6.61 Å². The van der Waals surface area contributed by atoms with E-state index in [0.29, 0.717) is 12.8 Å². The van der Waals surface area contributed by atoms with E-state index in [2.05, 4.69) is 6.92 Å². The maximum absolute atomic E-state index is 12.7. The van der Waals surface area contributed by atoms with Gasteiger partial charge >= 0.3 is 19.8 Å². The highest BCUT2D eigenvalue weighted by Gasteiger charge is 2.51. The lowest BCUT2D eigenvalue weighted by atomic mass is 9.85. The number of aliphatic hydroxyl groups excluding tert-OH is 5. The third-order valence-corrected chi connectivity index (χ3v) is 10.4. The number of carbonyl (C=O) groups excluding carboxylic acids is 2. The maximum atomic E-state index is 12.7. The monoisotopic (exact) mass is 754 g/mol. The van der Waals surface area contributed by atoms with Gasteiger partial charge in [-0.05, 0) is 12.8 Å². The van der Waals surface area contributed by atoms with Crippen LogP contribution in [0.15, 0.2) is 0 Å². The SMILES string of the molecule is CCCCCCCCCCCCCCCCCCCCC(=O)OC(COC(=O)CCCCCC)COP(=O)(O)OC1C(O)C(O)C(O)C(O)C1O. The minimum atomic E-state index is -5.09. The molecule has 302 valence electrons. The lowest BCUT2D eigenvalue weighted by molar-refractivity contribution is -0.220. The van der Waals surface area contributed by atoms with Gasteiger partial charge < -0.3 is 39.9 Å². The number of rotatable bonds is 32. The van der Waals surface area contributed by atoms with Crippen molar-refractivity contribution in [2.24, 2.45) is 0 Å². The molecular weight excluding hydrogens is 683 g/mol. The largest absolute Gasteiger partial charge is 0.472 e. The number of phosphoric acid groups is 1. The number of carbonyl (C=O) groups is 2. The van der Waals surface area contributed by atoms with Crippen LogP contribution < -0.4 is 0 Å². The lowest BCUT2D eigenvalue weighted by Crippen LogP contribution is -2.64. The highest BCUT2D eigenvalue weighted by molar-refractivity contribution is 7.47. The van der Waals surface area contributed by atoms with E-state index < -0.39 is 75.7 Å². The van der Waals surface area contributed by atoms with E-state index in [0.717, 1.165) is 38.5 Å². The first-order valence-electron chi connectivity index (χ1n) is 19.8. The lowest BCUT2D eigenvalue weighted by Gasteiger charge is -2.41. The summed E-state index contributed by atoms with van der Waals surface area (Å²) in [5.74, 6) is -1.11. The van der Waals surface area contributed by atoms with Crippen LogP contribution in [0.5, 0.6) is 0 Å². The van der Waals surface area contributed by atoms with Crippen molar-refractivity contribution in [2.45, 2.75) is 211 Å². The van der Waals surface area contributed by atoms with Gasteiger partial charge in [0.1, 0.15) is 43.2 Å². The van der Waals surface area contributed by atoms with Crippen LogP contribution in [-0.2, 0) is 32.7 Å². The number of hydrogen-bond donors (Lipinski definition) is 6. The molecule has 0 aromatic heterocycles. The van der Waals surface area contributed by atoms with Crippen LogP contribution in [0.3, 0.4) is 0 Å². The molecule has 13 nitrogen and oxygen atoms in total. The van der Waals surface area contributed by atoms with Gasteiger partial charge in [0.2, 0.25) is 0 Å². The molecule has 6 N–H and O–H groups in total. The zero-order valence-corrected chi connectivity index (χ0v) is 32.3. The Morgan fingerprint density at radius 2 is 0.882 bits per heavy atom. The Bertz CT molecular complexity index is 922. The molecule has 0 radical (unpaired) electrons. The van der Waals surface area contributed by atoms with Gasteiger partial charge in [-0.1, -0.05) is 142 Å². The van der Waals surface area contributed by atoms with Crippen LogP contribution in [0.4, 0.5) is 0 Å². The van der Waals surface area contributed by atoms with E-state index in [9.17, 15) is 44.6 Å². The summed E-state index contributed by atoms with van der Waals surface area (Å²) in [7, 11) is -5.09. The van der Waals surface area contributed by atoms with Gasteiger partial charge in [0.25, 0.3) is 0 Å². The molecule has 1 saturated carbocycles. The topological polar surface area (TPSA) is 210 Å². The average molecular weight is 755 g/mol. The molecule has 0 aromatic carbocycles. The number of ether oxygens (including phenoxy) is 2. The average Bonchev–Trinajstić information content (AvgIpc) is 3.10. The standard InChI is InChI=1S/C37H71O13P/c1-3-5-7-9-10-11-12-13-14-15-16-17-18-19-20-21-22-24-26-31(39)49-29(27-47-30(38)25-23-8-6-4-2)28-48-51(45,46)50-37-35(43)33(41)32(40)34(42)36(37)44/h29,32-37,40-44H,3-28H2,1-2H3,(H,45,46). The van der Waals surface area contributed by atoms with Crippen molar-refractivity contribution < 1.29 is 63.1 Å². The van der Waals surface area contributed by atoms with Crippen molar-refractivity contribution in [3.05, 3.63) is 0 Å². The van der Waals surface area contributed by atoms with Crippen LogP contribution >= 0.6 is 7.82 Å². The Morgan fingerprint density at radius 1 is 0.529 bits per heavy atom. The van der Waals surface area contributed by atoms with Crippen molar-refractivity contribution in [3.63, 3.8) is 0 Å². The zero-order chi connectivity index (χ0) is 37.9. The van der Waals surface area contributed by atoms with E-state index in [1.165, 1.54) is 89.9 Å². The number of hydrogen-bond acceptors (Lipinski definition) is 12. The molecule has 1 aliphatic carbocycles. The van der Waals surface area contributed by atoms with Crippen LogP contribution in [0.25, 0.3) is 0 Å². The minimum Gasteiger partial charge on any atom is -0.462 e. The Balaban J connectivity index is 2.38. The van der Waals surface area contributed by atoms with Crippen molar-refractivity contribution in [1.82, 2.24) is 0 Å². The second-order valence-electron chi connectivity index (χ2n) is 14.2. The Labute approximate surface area is 306 Å². The third kappa shape index (κ3) is 22.6. The fraction of sp³-hybridized carbons (Fsp3) is 0.946. The predicted molar refractivity (Wildman–Crippen MR) is 194 cm³/mol. The quantitative estimate of drug-likeness (QED) is 0.0258. The van der Waals surface area contributed by atoms with E-state index in [1.807, 2.05) is 6.92 Å². The van der Waals surface area contributed by atoms with Gasteiger partial charge in [0.15, 0.2) is 6.10 Å². The molecule has 0 saturated heterocycles. The third-order valence-electron chi connectivity index (χ3n) is 9.45. The predicted octanol–water partition coefficient (Wildman–Crippen LogP) is 6.16. The molecule has 1 fully saturated rings. The molecule has 0 bridgehead atoms. The number of esters is 2. The molecular formula is C37H71O13P. The first-order chi connectivity index (χ1) is 24.4. The Hall–Kier alpha value is -1.15. The molecule has 6 atom stereocenters. The van der Waals surface area contributed by atoms with Crippen molar-refractivity contribution in [3.8, 4) is 0 Å². The van der Waals surface area contributed by atoms with Crippen LogP contribution in [0.2, 0.25) is 0 Å². The van der Waals surface area contributed by atoms with Crippen LogP contribution in [-0.4, -0.2) is 98.3 Å². The molecule has 0 heterocycles. The summed E-state index contributed by atoms with van der Waals surface area (Å²) >= 11 is 0. The summed E-state index contributed by atoms with van der Waals surface area (Å²) in [6, 6.07) is 0. The number of aliphatic hydroxyl groups is 5. The smallest absolute Gasteiger partial charge is 0.462 e. The summed E-state index contributed by atoms with van der Waals surface area (Å²) in [5.41, 5.74) is 0. The second-order valence-corrected chi connectivity index (χ2v) is 15.6. The van der Waals surface area contributed by atoms with E-state index >= 15 is 0 Å². The summed E-state index contributed by atoms with van der Waals surface area (Å²) in [5, 5.41) is 49.7. The van der Waals surface area contributed by atoms with Gasteiger partial charge in [-0.2, -0.15) is 0 Å². The highest BCUT2D eigenvalue weighted by Crippen LogP contribution is 2.47. The Morgan fingerprint density at radius 3 is 1.31 bits per heavy atom. The Kier molecular flexibility index (Phi) is 27.4. The first kappa shape index (κ1) is 47.9.